The number of pyridine rings is 1. The SMILES string of the molecule is O=C(CSc1nnnn1[C@@H]1C[C@@H]2CC[C@H]1C2)Nc1ccnc2ccccc12. The van der Waals surface area contributed by atoms with Gasteiger partial charge in [-0.2, -0.15) is 0 Å². The summed E-state index contributed by atoms with van der Waals surface area (Å²) < 4.78 is 1.95. The molecule has 2 aromatic heterocycles. The predicted octanol–water partition coefficient (Wildman–Crippen LogP) is 3.31. The van der Waals surface area contributed by atoms with E-state index in [0.29, 0.717) is 12.0 Å². The zero-order valence-electron chi connectivity index (χ0n) is 14.8. The van der Waals surface area contributed by atoms with E-state index in [0.717, 1.165) is 27.7 Å². The second-order valence-corrected chi connectivity index (χ2v) is 8.30. The highest BCUT2D eigenvalue weighted by molar-refractivity contribution is 7.99. The third-order valence-electron chi connectivity index (χ3n) is 5.73. The van der Waals surface area contributed by atoms with Crippen LogP contribution in [0.2, 0.25) is 0 Å². The molecule has 3 atom stereocenters. The first-order valence-electron chi connectivity index (χ1n) is 9.32. The Labute approximate surface area is 160 Å². The zero-order valence-corrected chi connectivity index (χ0v) is 15.6. The van der Waals surface area contributed by atoms with Crippen molar-refractivity contribution in [3.8, 4) is 0 Å². The standard InChI is InChI=1S/C19H20N6OS/c26-18(21-16-7-8-20-15-4-2-1-3-14(15)16)11-27-19-22-23-24-25(19)17-10-12-5-6-13(17)9-12/h1-4,7-8,12-13,17H,5-6,9-11H2,(H,20,21,26)/t12-,13+,17-/m1/s1. The molecule has 0 spiro atoms. The van der Waals surface area contributed by atoms with Gasteiger partial charge in [0.2, 0.25) is 11.1 Å². The Morgan fingerprint density at radius 2 is 2.15 bits per heavy atom. The van der Waals surface area contributed by atoms with Gasteiger partial charge in [-0.3, -0.25) is 9.78 Å². The molecule has 0 aliphatic heterocycles. The van der Waals surface area contributed by atoms with Crippen LogP contribution >= 0.6 is 11.8 Å². The maximum atomic E-state index is 12.5. The molecule has 2 aliphatic carbocycles. The van der Waals surface area contributed by atoms with Crippen LogP contribution in [-0.2, 0) is 4.79 Å². The Morgan fingerprint density at radius 1 is 1.22 bits per heavy atom. The van der Waals surface area contributed by atoms with Crippen molar-refractivity contribution in [2.45, 2.75) is 36.9 Å². The topological polar surface area (TPSA) is 85.6 Å². The van der Waals surface area contributed by atoms with Crippen molar-refractivity contribution in [3.05, 3.63) is 36.5 Å². The van der Waals surface area contributed by atoms with E-state index < -0.39 is 0 Å². The second-order valence-electron chi connectivity index (χ2n) is 7.36. The van der Waals surface area contributed by atoms with E-state index in [1.807, 2.05) is 35.0 Å². The fourth-order valence-electron chi connectivity index (χ4n) is 4.52. The van der Waals surface area contributed by atoms with Crippen LogP contribution < -0.4 is 5.32 Å². The molecule has 2 heterocycles. The lowest BCUT2D eigenvalue weighted by Crippen LogP contribution is -2.19. The van der Waals surface area contributed by atoms with E-state index in [2.05, 4.69) is 25.8 Å². The number of fused-ring (bicyclic) bond motifs is 3. The largest absolute Gasteiger partial charge is 0.325 e. The van der Waals surface area contributed by atoms with Crippen molar-refractivity contribution in [1.29, 1.82) is 0 Å². The quantitative estimate of drug-likeness (QED) is 0.684. The first kappa shape index (κ1) is 16.7. The van der Waals surface area contributed by atoms with Crippen LogP contribution in [0, 0.1) is 11.8 Å². The van der Waals surface area contributed by atoms with E-state index in [1.165, 1.54) is 37.4 Å². The van der Waals surface area contributed by atoms with E-state index in [9.17, 15) is 4.79 Å². The van der Waals surface area contributed by atoms with E-state index in [-0.39, 0.29) is 11.7 Å². The highest BCUT2D eigenvalue weighted by atomic mass is 32.2. The lowest BCUT2D eigenvalue weighted by Gasteiger charge is -2.22. The Kier molecular flexibility index (Phi) is 4.27. The summed E-state index contributed by atoms with van der Waals surface area (Å²) in [5.74, 6) is 1.72. The van der Waals surface area contributed by atoms with E-state index in [1.54, 1.807) is 6.20 Å². The van der Waals surface area contributed by atoms with Gasteiger partial charge in [0.05, 0.1) is 23.0 Å². The summed E-state index contributed by atoms with van der Waals surface area (Å²) in [4.78, 5) is 16.8. The number of anilines is 1. The molecule has 1 aromatic carbocycles. The minimum atomic E-state index is -0.0705. The fraction of sp³-hybridized carbons (Fsp3) is 0.421. The lowest BCUT2D eigenvalue weighted by atomic mass is 9.96. The maximum Gasteiger partial charge on any atom is 0.234 e. The molecule has 1 N–H and O–H groups in total. The number of hydrogen-bond donors (Lipinski definition) is 1. The molecule has 2 saturated carbocycles. The third kappa shape index (κ3) is 3.18. The van der Waals surface area contributed by atoms with Crippen LogP contribution in [0.5, 0.6) is 0 Å². The highest BCUT2D eigenvalue weighted by Gasteiger charge is 2.42. The minimum Gasteiger partial charge on any atom is -0.325 e. The molecule has 8 heteroatoms. The summed E-state index contributed by atoms with van der Waals surface area (Å²) in [5.41, 5.74) is 1.64. The predicted molar refractivity (Wildman–Crippen MR) is 103 cm³/mol. The van der Waals surface area contributed by atoms with Crippen molar-refractivity contribution in [2.75, 3.05) is 11.1 Å². The number of amides is 1. The Hall–Kier alpha value is -2.48. The molecular weight excluding hydrogens is 360 g/mol. The molecule has 2 aliphatic rings. The van der Waals surface area contributed by atoms with Gasteiger partial charge in [0.1, 0.15) is 0 Å². The zero-order chi connectivity index (χ0) is 18.2. The molecule has 0 radical (unpaired) electrons. The summed E-state index contributed by atoms with van der Waals surface area (Å²) >= 11 is 1.40. The Morgan fingerprint density at radius 3 is 3.00 bits per heavy atom. The number of tetrazole rings is 1. The number of rotatable bonds is 5. The number of thioether (sulfide) groups is 1. The number of para-hydroxylation sites is 1. The summed E-state index contributed by atoms with van der Waals surface area (Å²) in [6, 6.07) is 9.99. The molecule has 0 saturated heterocycles. The first-order valence-corrected chi connectivity index (χ1v) is 10.3. The van der Waals surface area contributed by atoms with Crippen molar-refractivity contribution in [2.24, 2.45) is 11.8 Å². The smallest absolute Gasteiger partial charge is 0.234 e. The summed E-state index contributed by atoms with van der Waals surface area (Å²) in [5, 5.41) is 16.9. The molecule has 2 fully saturated rings. The molecule has 27 heavy (non-hydrogen) atoms. The van der Waals surface area contributed by atoms with Gasteiger partial charge < -0.3 is 5.32 Å². The van der Waals surface area contributed by atoms with E-state index >= 15 is 0 Å². The number of aromatic nitrogens is 5. The van der Waals surface area contributed by atoms with Gasteiger partial charge in [0, 0.05) is 11.6 Å². The summed E-state index contributed by atoms with van der Waals surface area (Å²) in [6.45, 7) is 0. The molecule has 5 rings (SSSR count). The van der Waals surface area contributed by atoms with Crippen LogP contribution in [0.25, 0.3) is 10.9 Å². The fourth-order valence-corrected chi connectivity index (χ4v) is 5.25. The average molecular weight is 380 g/mol. The Bertz CT molecular complexity index is 984. The number of benzene rings is 1. The number of carbonyl (C=O) groups excluding carboxylic acids is 1. The second kappa shape index (κ2) is 6.92. The summed E-state index contributed by atoms with van der Waals surface area (Å²) in [6.07, 6.45) is 6.78. The minimum absolute atomic E-state index is 0.0705. The van der Waals surface area contributed by atoms with Gasteiger partial charge in [-0.05, 0) is 53.7 Å². The number of hydrogen-bond acceptors (Lipinski definition) is 6. The van der Waals surface area contributed by atoms with Crippen molar-refractivity contribution >= 4 is 34.3 Å². The van der Waals surface area contributed by atoms with E-state index in [4.69, 9.17) is 0 Å². The lowest BCUT2D eigenvalue weighted by molar-refractivity contribution is -0.113. The van der Waals surface area contributed by atoms with Gasteiger partial charge >= 0.3 is 0 Å². The number of nitrogens with zero attached hydrogens (tertiary/aromatic N) is 5. The van der Waals surface area contributed by atoms with Gasteiger partial charge in [0.15, 0.2) is 0 Å². The average Bonchev–Trinajstić information content (AvgIpc) is 3.43. The van der Waals surface area contributed by atoms with Gasteiger partial charge in [0.25, 0.3) is 0 Å². The normalized spacial score (nSPS) is 23.8. The molecular formula is C19H20N6OS. The molecule has 1 amide bonds. The summed E-state index contributed by atoms with van der Waals surface area (Å²) in [7, 11) is 0. The van der Waals surface area contributed by atoms with Crippen molar-refractivity contribution in [1.82, 2.24) is 25.2 Å². The van der Waals surface area contributed by atoms with Crippen molar-refractivity contribution < 1.29 is 4.79 Å². The van der Waals surface area contributed by atoms with Crippen LogP contribution in [0.15, 0.2) is 41.7 Å². The van der Waals surface area contributed by atoms with Crippen molar-refractivity contribution in [3.63, 3.8) is 0 Å². The third-order valence-corrected chi connectivity index (χ3v) is 6.67. The Balaban J connectivity index is 1.26. The van der Waals surface area contributed by atoms with Gasteiger partial charge in [-0.25, -0.2) is 4.68 Å². The van der Waals surface area contributed by atoms with Gasteiger partial charge in [-0.15, -0.1) is 5.10 Å². The van der Waals surface area contributed by atoms with Crippen LogP contribution in [0.4, 0.5) is 5.69 Å². The first-order chi connectivity index (χ1) is 13.3. The molecule has 2 bridgehead atoms. The maximum absolute atomic E-state index is 12.5. The number of nitrogens with one attached hydrogen (secondary N) is 1. The van der Waals surface area contributed by atoms with Crippen LogP contribution in [0.3, 0.4) is 0 Å². The monoisotopic (exact) mass is 380 g/mol. The molecule has 138 valence electrons. The molecule has 0 unspecified atom stereocenters. The molecule has 3 aromatic rings. The van der Waals surface area contributed by atoms with Crippen LogP contribution in [0.1, 0.15) is 31.7 Å². The van der Waals surface area contributed by atoms with Gasteiger partial charge in [-0.1, -0.05) is 36.4 Å². The highest BCUT2D eigenvalue weighted by Crippen LogP contribution is 2.50. The number of carbonyl (C=O) groups is 1. The molecule has 7 nitrogen and oxygen atoms in total. The van der Waals surface area contributed by atoms with Crippen LogP contribution in [-0.4, -0.2) is 36.9 Å².